The van der Waals surface area contributed by atoms with Crippen molar-refractivity contribution in [3.63, 3.8) is 0 Å². The van der Waals surface area contributed by atoms with E-state index in [2.05, 4.69) is 78.5 Å². The summed E-state index contributed by atoms with van der Waals surface area (Å²) >= 11 is 0. The molecule has 0 amide bonds. The standard InChI is InChI=1S/C39H44N2O6/c1-40-15-13-26-20-34(44-5)37-22-29(26)30(40)17-24-7-10-28(11-8-24)46-36-19-25(9-12-32(36)42-3)18-31-39-27(14-16-41(31)2)21-33(43-4)35(45-6)23-38(39)47-37/h7-12,19-23,30-31,35H,13-18H2,1-6H3/t30?,31-,35?/m0/s1. The summed E-state index contributed by atoms with van der Waals surface area (Å²) in [5, 5.41) is 0. The molecule has 3 aromatic carbocycles. The number of fused-ring (bicyclic) bond motifs is 2. The quantitative estimate of drug-likeness (QED) is 0.316. The summed E-state index contributed by atoms with van der Waals surface area (Å²) in [6, 6.07) is 19.2. The van der Waals surface area contributed by atoms with Gasteiger partial charge in [0.2, 0.25) is 0 Å². The summed E-state index contributed by atoms with van der Waals surface area (Å²) < 4.78 is 37.1. The lowest BCUT2D eigenvalue weighted by Gasteiger charge is -2.37. The topological polar surface area (TPSA) is 61.9 Å². The van der Waals surface area contributed by atoms with Gasteiger partial charge in [-0.25, -0.2) is 0 Å². The minimum atomic E-state index is -0.407. The lowest BCUT2D eigenvalue weighted by atomic mass is 9.87. The van der Waals surface area contributed by atoms with Gasteiger partial charge >= 0.3 is 0 Å². The Balaban J connectivity index is 1.44. The Morgan fingerprint density at radius 2 is 1.40 bits per heavy atom. The van der Waals surface area contributed by atoms with E-state index >= 15 is 0 Å². The van der Waals surface area contributed by atoms with Gasteiger partial charge in [-0.1, -0.05) is 18.2 Å². The van der Waals surface area contributed by atoms with Crippen molar-refractivity contribution < 1.29 is 28.4 Å². The molecule has 4 aliphatic heterocycles. The van der Waals surface area contributed by atoms with E-state index in [1.54, 1.807) is 28.4 Å². The zero-order chi connectivity index (χ0) is 32.7. The Morgan fingerprint density at radius 1 is 0.702 bits per heavy atom. The van der Waals surface area contributed by atoms with Gasteiger partial charge in [-0.15, -0.1) is 0 Å². The van der Waals surface area contributed by atoms with Crippen LogP contribution in [0.15, 0.2) is 89.4 Å². The lowest BCUT2D eigenvalue weighted by molar-refractivity contribution is 0.108. The van der Waals surface area contributed by atoms with Crippen LogP contribution in [-0.4, -0.2) is 77.6 Å². The maximum atomic E-state index is 7.06. The smallest absolute Gasteiger partial charge is 0.169 e. The highest BCUT2D eigenvalue weighted by Crippen LogP contribution is 2.43. The summed E-state index contributed by atoms with van der Waals surface area (Å²) in [5.74, 6) is 5.10. The molecular formula is C39H44N2O6. The first-order valence-electron chi connectivity index (χ1n) is 16.4. The van der Waals surface area contributed by atoms with Crippen molar-refractivity contribution in [3.8, 4) is 28.7 Å². The molecule has 5 aliphatic rings. The van der Waals surface area contributed by atoms with Gasteiger partial charge < -0.3 is 28.4 Å². The molecule has 0 saturated heterocycles. The molecule has 3 aromatic rings. The van der Waals surface area contributed by atoms with Crippen molar-refractivity contribution >= 4 is 0 Å². The first kappa shape index (κ1) is 31.4. The molecule has 0 saturated carbocycles. The van der Waals surface area contributed by atoms with E-state index in [-0.39, 0.29) is 12.1 Å². The molecule has 8 rings (SSSR count). The van der Waals surface area contributed by atoms with Crippen LogP contribution in [-0.2, 0) is 28.7 Å². The molecule has 0 spiro atoms. The Kier molecular flexibility index (Phi) is 8.75. The first-order chi connectivity index (χ1) is 22.9. The van der Waals surface area contributed by atoms with E-state index < -0.39 is 6.10 Å². The molecule has 2 unspecified atom stereocenters. The summed E-state index contributed by atoms with van der Waals surface area (Å²) in [5.41, 5.74) is 7.22. The van der Waals surface area contributed by atoms with Gasteiger partial charge in [0, 0.05) is 37.9 Å². The third-order valence-corrected chi connectivity index (χ3v) is 10.1. The molecule has 3 atom stereocenters. The van der Waals surface area contributed by atoms with Crippen molar-refractivity contribution in [1.82, 2.24) is 9.80 Å². The third kappa shape index (κ3) is 6.02. The summed E-state index contributed by atoms with van der Waals surface area (Å²) in [6.45, 7) is 1.86. The largest absolute Gasteiger partial charge is 0.498 e. The Morgan fingerprint density at radius 3 is 2.15 bits per heavy atom. The van der Waals surface area contributed by atoms with E-state index in [1.165, 1.54) is 22.3 Å². The number of ether oxygens (including phenoxy) is 6. The number of hydrogen-bond donors (Lipinski definition) is 0. The number of methoxy groups -OCH3 is 4. The second-order valence-corrected chi connectivity index (χ2v) is 12.8. The molecule has 47 heavy (non-hydrogen) atoms. The zero-order valence-corrected chi connectivity index (χ0v) is 28.2. The lowest BCUT2D eigenvalue weighted by Crippen LogP contribution is -2.41. The van der Waals surface area contributed by atoms with E-state index in [9.17, 15) is 0 Å². The normalized spacial score (nSPS) is 22.8. The second kappa shape index (κ2) is 13.1. The van der Waals surface area contributed by atoms with Gasteiger partial charge in [0.25, 0.3) is 0 Å². The molecule has 1 aliphatic carbocycles. The summed E-state index contributed by atoms with van der Waals surface area (Å²) in [7, 11) is 11.2. The number of nitrogens with zero attached hydrogens (tertiary/aromatic N) is 2. The predicted octanol–water partition coefficient (Wildman–Crippen LogP) is 6.65. The Hall–Kier alpha value is -4.24. The Labute approximate surface area is 277 Å². The molecule has 8 nitrogen and oxygen atoms in total. The van der Waals surface area contributed by atoms with E-state index in [1.807, 2.05) is 12.1 Å². The fourth-order valence-corrected chi connectivity index (χ4v) is 7.42. The highest BCUT2D eigenvalue weighted by Gasteiger charge is 2.35. The monoisotopic (exact) mass is 636 g/mol. The highest BCUT2D eigenvalue weighted by atomic mass is 16.5. The molecule has 4 heterocycles. The molecule has 6 bridgehead atoms. The first-order valence-corrected chi connectivity index (χ1v) is 16.4. The van der Waals surface area contributed by atoms with E-state index in [4.69, 9.17) is 28.4 Å². The number of likely N-dealkylation sites (N-methyl/N-ethyl adjacent to an activating group) is 2. The number of allylic oxidation sites excluding steroid dienone is 1. The molecule has 0 N–H and O–H groups in total. The van der Waals surface area contributed by atoms with Gasteiger partial charge in [0.15, 0.2) is 23.0 Å². The van der Waals surface area contributed by atoms with Gasteiger partial charge in [-0.05, 0) is 116 Å². The average Bonchev–Trinajstić information content (AvgIpc) is 3.24. The van der Waals surface area contributed by atoms with Crippen LogP contribution in [0.25, 0.3) is 0 Å². The van der Waals surface area contributed by atoms with Gasteiger partial charge in [0.1, 0.15) is 23.4 Å². The second-order valence-electron chi connectivity index (χ2n) is 12.8. The minimum Gasteiger partial charge on any atom is -0.498 e. The maximum absolute atomic E-state index is 7.06. The maximum Gasteiger partial charge on any atom is 0.169 e. The van der Waals surface area contributed by atoms with Gasteiger partial charge in [-0.2, -0.15) is 0 Å². The van der Waals surface area contributed by atoms with Crippen LogP contribution >= 0.6 is 0 Å². The fourth-order valence-electron chi connectivity index (χ4n) is 7.42. The van der Waals surface area contributed by atoms with Crippen LogP contribution in [0, 0.1) is 0 Å². The van der Waals surface area contributed by atoms with Crippen LogP contribution in [0.2, 0.25) is 0 Å². The summed E-state index contributed by atoms with van der Waals surface area (Å²) in [4.78, 5) is 4.84. The van der Waals surface area contributed by atoms with Gasteiger partial charge in [-0.3, -0.25) is 9.80 Å². The molecule has 246 valence electrons. The number of hydrogen-bond acceptors (Lipinski definition) is 8. The van der Waals surface area contributed by atoms with Gasteiger partial charge in [0.05, 0.1) is 21.3 Å². The Bertz CT molecular complexity index is 1740. The third-order valence-electron chi connectivity index (χ3n) is 10.1. The van der Waals surface area contributed by atoms with Crippen molar-refractivity contribution in [3.05, 3.63) is 112 Å². The molecule has 0 radical (unpaired) electrons. The SMILES string of the molecule is COC1=CC2=C3C(=CC1OC)Oc1cc4c(cc1OC)CCN(C)C4Cc1ccc(cc1)Oc1cc(ccc1OC)C[C@@H]3N(C)CC2. The van der Waals surface area contributed by atoms with Crippen LogP contribution in [0.4, 0.5) is 0 Å². The molecular weight excluding hydrogens is 592 g/mol. The van der Waals surface area contributed by atoms with Crippen molar-refractivity contribution in [2.45, 2.75) is 43.9 Å². The zero-order valence-electron chi connectivity index (χ0n) is 28.2. The van der Waals surface area contributed by atoms with Crippen LogP contribution in [0.1, 0.15) is 34.7 Å². The summed E-state index contributed by atoms with van der Waals surface area (Å²) in [6.07, 6.45) is 7.17. The van der Waals surface area contributed by atoms with Crippen LogP contribution in [0.5, 0.6) is 28.7 Å². The molecule has 8 heteroatoms. The van der Waals surface area contributed by atoms with Crippen LogP contribution in [0.3, 0.4) is 0 Å². The van der Waals surface area contributed by atoms with Crippen molar-refractivity contribution in [1.29, 1.82) is 0 Å². The molecule has 0 fully saturated rings. The average molecular weight is 637 g/mol. The van der Waals surface area contributed by atoms with Crippen LogP contribution < -0.4 is 18.9 Å². The van der Waals surface area contributed by atoms with Crippen molar-refractivity contribution in [2.75, 3.05) is 55.6 Å². The predicted molar refractivity (Wildman–Crippen MR) is 182 cm³/mol. The highest BCUT2D eigenvalue weighted by molar-refractivity contribution is 5.55. The minimum absolute atomic E-state index is 0.0110. The van der Waals surface area contributed by atoms with Crippen molar-refractivity contribution in [2.24, 2.45) is 0 Å². The number of rotatable bonds is 4. The van der Waals surface area contributed by atoms with E-state index in [0.29, 0.717) is 17.2 Å². The number of benzene rings is 3. The molecule has 0 aromatic heterocycles. The van der Waals surface area contributed by atoms with E-state index in [0.717, 1.165) is 72.9 Å². The fraction of sp³-hybridized carbons (Fsp3) is 0.385.